The summed E-state index contributed by atoms with van der Waals surface area (Å²) in [5.41, 5.74) is 4.81. The van der Waals surface area contributed by atoms with E-state index in [-0.39, 0.29) is 4.75 Å². The Kier molecular flexibility index (Phi) is 3.83. The van der Waals surface area contributed by atoms with Gasteiger partial charge in [0.05, 0.1) is 5.71 Å². The Morgan fingerprint density at radius 1 is 1.22 bits per heavy atom. The van der Waals surface area contributed by atoms with E-state index in [2.05, 4.69) is 29.5 Å². The van der Waals surface area contributed by atoms with Gasteiger partial charge in [0.2, 0.25) is 0 Å². The maximum absolute atomic E-state index is 12.2. The molecule has 2 nitrogen and oxygen atoms in total. The van der Waals surface area contributed by atoms with Crippen LogP contribution in [0.4, 0.5) is 0 Å². The zero-order chi connectivity index (χ0) is 13.3. The van der Waals surface area contributed by atoms with E-state index in [0.717, 1.165) is 25.0 Å². The van der Waals surface area contributed by atoms with Crippen LogP contribution in [-0.2, 0) is 17.8 Å². The van der Waals surface area contributed by atoms with Gasteiger partial charge in [-0.3, -0.25) is 0 Å². The molecule has 1 aromatic rings. The summed E-state index contributed by atoms with van der Waals surface area (Å²) in [6.45, 7) is 7.99. The van der Waals surface area contributed by atoms with Crippen molar-refractivity contribution < 1.29 is 4.55 Å². The fourth-order valence-electron chi connectivity index (χ4n) is 2.09. The van der Waals surface area contributed by atoms with Crippen LogP contribution in [0.3, 0.4) is 0 Å². The van der Waals surface area contributed by atoms with Crippen molar-refractivity contribution in [2.75, 3.05) is 0 Å². The van der Waals surface area contributed by atoms with Gasteiger partial charge in [-0.15, -0.1) is 0 Å². The summed E-state index contributed by atoms with van der Waals surface area (Å²) in [7, 11) is 0. The van der Waals surface area contributed by atoms with Gasteiger partial charge in [-0.2, -0.15) is 0 Å². The highest BCUT2D eigenvalue weighted by atomic mass is 32.2. The minimum absolute atomic E-state index is 0.283. The zero-order valence-corrected chi connectivity index (χ0v) is 12.4. The van der Waals surface area contributed by atoms with Crippen molar-refractivity contribution in [2.24, 2.45) is 4.40 Å². The van der Waals surface area contributed by atoms with E-state index in [1.807, 2.05) is 20.8 Å². The molecule has 0 saturated heterocycles. The van der Waals surface area contributed by atoms with Crippen molar-refractivity contribution >= 4 is 17.1 Å². The fourth-order valence-corrected chi connectivity index (χ4v) is 2.75. The first-order chi connectivity index (χ1) is 8.38. The quantitative estimate of drug-likeness (QED) is 0.713. The molecule has 1 aromatic carbocycles. The number of rotatable bonds is 1. The summed E-state index contributed by atoms with van der Waals surface area (Å²) < 4.78 is 16.3. The molecule has 0 spiro atoms. The molecule has 0 aliphatic heterocycles. The third-order valence-corrected chi connectivity index (χ3v) is 4.59. The van der Waals surface area contributed by atoms with E-state index in [9.17, 15) is 4.55 Å². The number of nitrogens with zero attached hydrogens (tertiary/aromatic N) is 1. The Bertz CT molecular complexity index is 474. The van der Waals surface area contributed by atoms with Crippen LogP contribution in [0.2, 0.25) is 0 Å². The number of hydrogen-bond acceptors (Lipinski definition) is 2. The number of aryl methyl sites for hydroxylation is 2. The first kappa shape index (κ1) is 13.6. The molecule has 1 unspecified atom stereocenters. The highest BCUT2D eigenvalue weighted by Gasteiger charge is 2.28. The highest BCUT2D eigenvalue weighted by Crippen LogP contribution is 2.26. The number of hydrogen-bond donors (Lipinski definition) is 0. The van der Waals surface area contributed by atoms with Crippen molar-refractivity contribution in [2.45, 2.75) is 51.7 Å². The van der Waals surface area contributed by atoms with Gasteiger partial charge in [-0.1, -0.05) is 22.1 Å². The minimum Gasteiger partial charge on any atom is -0.591 e. The molecule has 0 N–H and O–H groups in total. The molecule has 1 aliphatic carbocycles. The van der Waals surface area contributed by atoms with Crippen LogP contribution in [0, 0.1) is 6.92 Å². The minimum atomic E-state index is -1.16. The second-order valence-corrected chi connectivity index (χ2v) is 7.82. The van der Waals surface area contributed by atoms with Crippen molar-refractivity contribution in [3.63, 3.8) is 0 Å². The van der Waals surface area contributed by atoms with Crippen LogP contribution >= 0.6 is 0 Å². The Morgan fingerprint density at radius 2 is 1.94 bits per heavy atom. The number of fused-ring (bicyclic) bond motifs is 1. The average Bonchev–Trinajstić information content (AvgIpc) is 2.28. The lowest BCUT2D eigenvalue weighted by molar-refractivity contribution is 0.561. The molecular formula is C15H21NOS. The summed E-state index contributed by atoms with van der Waals surface area (Å²) in [6.07, 6.45) is 3.16. The maximum atomic E-state index is 12.2. The van der Waals surface area contributed by atoms with Crippen LogP contribution in [0.1, 0.15) is 50.3 Å². The van der Waals surface area contributed by atoms with E-state index in [1.165, 1.54) is 16.7 Å². The molecular weight excluding hydrogens is 242 g/mol. The van der Waals surface area contributed by atoms with Crippen LogP contribution in [0.5, 0.6) is 0 Å². The molecule has 3 heteroatoms. The van der Waals surface area contributed by atoms with Crippen molar-refractivity contribution in [1.82, 2.24) is 0 Å². The molecule has 0 amide bonds. The van der Waals surface area contributed by atoms with Gasteiger partial charge in [0, 0.05) is 5.56 Å². The summed E-state index contributed by atoms with van der Waals surface area (Å²) in [6, 6.07) is 6.50. The van der Waals surface area contributed by atoms with Crippen LogP contribution < -0.4 is 0 Å². The Balaban J connectivity index is 2.38. The molecule has 1 aliphatic rings. The molecule has 18 heavy (non-hydrogen) atoms. The lowest BCUT2D eigenvalue weighted by Crippen LogP contribution is -2.27. The van der Waals surface area contributed by atoms with E-state index in [1.54, 1.807) is 0 Å². The predicted molar refractivity (Wildman–Crippen MR) is 78.5 cm³/mol. The summed E-state index contributed by atoms with van der Waals surface area (Å²) >= 11 is -1.16. The largest absolute Gasteiger partial charge is 0.591 e. The first-order valence-corrected chi connectivity index (χ1v) is 7.58. The van der Waals surface area contributed by atoms with Gasteiger partial charge in [-0.25, -0.2) is 0 Å². The second kappa shape index (κ2) is 5.06. The zero-order valence-electron chi connectivity index (χ0n) is 11.6. The summed E-state index contributed by atoms with van der Waals surface area (Å²) in [5.74, 6) is 0. The summed E-state index contributed by atoms with van der Waals surface area (Å²) in [5, 5.41) is 0. The molecule has 0 heterocycles. The predicted octanol–water partition coefficient (Wildman–Crippen LogP) is 3.58. The van der Waals surface area contributed by atoms with Crippen LogP contribution in [-0.4, -0.2) is 15.0 Å². The van der Waals surface area contributed by atoms with Gasteiger partial charge in [0.1, 0.15) is 16.1 Å². The normalized spacial score (nSPS) is 19.7. The molecule has 2 rings (SSSR count). The third-order valence-electron chi connectivity index (χ3n) is 3.15. The average molecular weight is 263 g/mol. The topological polar surface area (TPSA) is 35.4 Å². The van der Waals surface area contributed by atoms with E-state index in [0.29, 0.717) is 0 Å². The molecule has 0 aromatic heterocycles. The lowest BCUT2D eigenvalue weighted by Gasteiger charge is -2.22. The lowest BCUT2D eigenvalue weighted by atomic mass is 9.89. The van der Waals surface area contributed by atoms with E-state index >= 15 is 0 Å². The van der Waals surface area contributed by atoms with E-state index < -0.39 is 11.4 Å². The first-order valence-electron chi connectivity index (χ1n) is 6.47. The molecule has 98 valence electrons. The molecule has 0 bridgehead atoms. The van der Waals surface area contributed by atoms with Gasteiger partial charge >= 0.3 is 0 Å². The molecule has 0 radical (unpaired) electrons. The van der Waals surface area contributed by atoms with Gasteiger partial charge in [0.25, 0.3) is 0 Å². The Labute approximate surface area is 113 Å². The second-order valence-electron chi connectivity index (χ2n) is 5.91. The Hall–Kier alpha value is -0.800. The van der Waals surface area contributed by atoms with Crippen molar-refractivity contribution in [3.05, 3.63) is 34.9 Å². The smallest absolute Gasteiger partial charge is 0.144 e. The molecule has 0 saturated carbocycles. The standard InChI is InChI=1S/C15H21NOS/c1-11-8-9-12-6-5-7-14(13(12)10-11)16-18(17)15(2,3)4/h8-10H,5-7H2,1-4H3. The van der Waals surface area contributed by atoms with E-state index in [4.69, 9.17) is 0 Å². The summed E-state index contributed by atoms with van der Waals surface area (Å²) in [4.78, 5) is 0. The van der Waals surface area contributed by atoms with Crippen LogP contribution in [0.25, 0.3) is 0 Å². The van der Waals surface area contributed by atoms with Crippen molar-refractivity contribution in [1.29, 1.82) is 0 Å². The van der Waals surface area contributed by atoms with Crippen molar-refractivity contribution in [3.8, 4) is 0 Å². The number of benzene rings is 1. The Morgan fingerprint density at radius 3 is 2.61 bits per heavy atom. The highest BCUT2D eigenvalue weighted by molar-refractivity contribution is 7.91. The third kappa shape index (κ3) is 2.96. The van der Waals surface area contributed by atoms with Gasteiger partial charge < -0.3 is 4.55 Å². The van der Waals surface area contributed by atoms with Crippen LogP contribution in [0.15, 0.2) is 22.6 Å². The molecule has 1 atom stereocenters. The molecule has 0 fully saturated rings. The SMILES string of the molecule is Cc1ccc2c(c1)C(=N[S+]([O-])C(C)(C)C)CCC2. The maximum Gasteiger partial charge on any atom is 0.144 e. The fraction of sp³-hybridized carbons (Fsp3) is 0.533. The van der Waals surface area contributed by atoms with Gasteiger partial charge in [0.15, 0.2) is 0 Å². The monoisotopic (exact) mass is 263 g/mol. The van der Waals surface area contributed by atoms with Gasteiger partial charge in [-0.05, 0) is 58.6 Å².